The fourth-order valence-electron chi connectivity index (χ4n) is 4.96. The Morgan fingerprint density at radius 2 is 2.00 bits per heavy atom. The van der Waals surface area contributed by atoms with Crippen molar-refractivity contribution in [3.63, 3.8) is 0 Å². The van der Waals surface area contributed by atoms with E-state index in [0.29, 0.717) is 59.8 Å². The molecule has 2 aromatic carbocycles. The molecule has 1 atom stereocenters. The molecule has 0 spiro atoms. The number of likely N-dealkylation sites (tertiary alicyclic amines) is 1. The molecule has 38 heavy (non-hydrogen) atoms. The van der Waals surface area contributed by atoms with Crippen molar-refractivity contribution in [2.75, 3.05) is 25.9 Å². The highest BCUT2D eigenvalue weighted by atomic mass is 16.5. The van der Waals surface area contributed by atoms with Crippen molar-refractivity contribution < 1.29 is 14.3 Å². The summed E-state index contributed by atoms with van der Waals surface area (Å²) in [5.41, 5.74) is 10.2. The third-order valence-corrected chi connectivity index (χ3v) is 7.01. The molecule has 1 aliphatic heterocycles. The lowest BCUT2D eigenvalue weighted by Crippen LogP contribution is -2.40. The molecule has 194 valence electrons. The number of hydrogen-bond donors (Lipinski definition) is 1. The molecule has 3 heterocycles. The second-order valence-electron chi connectivity index (χ2n) is 9.39. The Bertz CT molecular complexity index is 1490. The van der Waals surface area contributed by atoms with Gasteiger partial charge in [-0.15, -0.1) is 0 Å². The van der Waals surface area contributed by atoms with Crippen LogP contribution in [0, 0.1) is 0 Å². The monoisotopic (exact) mass is 510 g/mol. The van der Waals surface area contributed by atoms with Crippen LogP contribution >= 0.6 is 0 Å². The molecule has 1 fully saturated rings. The van der Waals surface area contributed by atoms with Gasteiger partial charge < -0.3 is 15.4 Å². The van der Waals surface area contributed by atoms with Crippen LogP contribution in [0.4, 0.5) is 5.82 Å². The maximum Gasteiger partial charge on any atom is 0.246 e. The van der Waals surface area contributed by atoms with E-state index >= 15 is 0 Å². The molecule has 2 aromatic heterocycles. The predicted molar refractivity (Wildman–Crippen MR) is 146 cm³/mol. The van der Waals surface area contributed by atoms with Crippen molar-refractivity contribution in [1.82, 2.24) is 24.6 Å². The predicted octanol–water partition coefficient (Wildman–Crippen LogP) is 4.25. The molecule has 9 nitrogen and oxygen atoms in total. The summed E-state index contributed by atoms with van der Waals surface area (Å²) in [6.45, 7) is 4.85. The van der Waals surface area contributed by atoms with Crippen LogP contribution < -0.4 is 10.5 Å². The highest BCUT2D eigenvalue weighted by Crippen LogP contribution is 2.34. The number of ether oxygens (including phenoxy) is 1. The van der Waals surface area contributed by atoms with Crippen LogP contribution in [0.2, 0.25) is 0 Å². The highest BCUT2D eigenvalue weighted by Gasteiger charge is 2.28. The van der Waals surface area contributed by atoms with Gasteiger partial charge in [-0.05, 0) is 43.0 Å². The number of amides is 1. The molecule has 1 aliphatic rings. The molecule has 0 aliphatic carbocycles. The first-order valence-corrected chi connectivity index (χ1v) is 12.6. The zero-order valence-corrected chi connectivity index (χ0v) is 21.3. The summed E-state index contributed by atoms with van der Waals surface area (Å²) in [4.78, 5) is 35.4. The number of carbonyl (C=O) groups excluding carboxylic acids is 2. The fourth-order valence-corrected chi connectivity index (χ4v) is 4.96. The van der Waals surface area contributed by atoms with Gasteiger partial charge in [0.05, 0.1) is 18.5 Å². The molecular weight excluding hydrogens is 480 g/mol. The summed E-state index contributed by atoms with van der Waals surface area (Å²) in [5.74, 6) is 1.02. The van der Waals surface area contributed by atoms with E-state index in [-0.39, 0.29) is 17.7 Å². The van der Waals surface area contributed by atoms with E-state index in [4.69, 9.17) is 15.6 Å². The summed E-state index contributed by atoms with van der Waals surface area (Å²) in [6.07, 6.45) is 5.54. The number of carbonyl (C=O) groups is 2. The largest absolute Gasteiger partial charge is 0.497 e. The van der Waals surface area contributed by atoms with Crippen molar-refractivity contribution >= 4 is 28.5 Å². The van der Waals surface area contributed by atoms with Crippen molar-refractivity contribution in [3.8, 4) is 17.0 Å². The number of rotatable bonds is 8. The van der Waals surface area contributed by atoms with E-state index in [0.717, 1.165) is 24.0 Å². The number of fused-ring (bicyclic) bond motifs is 1. The van der Waals surface area contributed by atoms with Crippen molar-refractivity contribution in [1.29, 1.82) is 0 Å². The fraction of sp³-hybridized carbons (Fsp3) is 0.276. The van der Waals surface area contributed by atoms with Crippen LogP contribution in [0.15, 0.2) is 67.5 Å². The smallest absolute Gasteiger partial charge is 0.246 e. The van der Waals surface area contributed by atoms with Crippen molar-refractivity contribution in [2.45, 2.75) is 31.7 Å². The number of Topliss-reactive ketones (excluding diaryl/α,β-unsaturated/α-hetero) is 1. The second-order valence-corrected chi connectivity index (χ2v) is 9.39. The number of piperidine rings is 1. The molecule has 0 saturated carbocycles. The van der Waals surface area contributed by atoms with Crippen LogP contribution in [0.3, 0.4) is 0 Å². The molecule has 0 bridgehead atoms. The van der Waals surface area contributed by atoms with E-state index in [1.807, 2.05) is 41.1 Å². The van der Waals surface area contributed by atoms with E-state index in [1.165, 1.54) is 12.4 Å². The SMILES string of the molecule is C=CC(=O)N1CCCC(n2nc(-c3ccc(CCC(=O)c4cccc(OC)c4)cc3)c3c(N)ncnc32)C1. The lowest BCUT2D eigenvalue weighted by atomic mass is 10.0. The lowest BCUT2D eigenvalue weighted by molar-refractivity contribution is -0.127. The summed E-state index contributed by atoms with van der Waals surface area (Å²) < 4.78 is 7.11. The second kappa shape index (κ2) is 10.8. The number of methoxy groups -OCH3 is 1. The Kier molecular flexibility index (Phi) is 7.17. The highest BCUT2D eigenvalue weighted by molar-refractivity contribution is 5.98. The first-order valence-electron chi connectivity index (χ1n) is 12.6. The first-order chi connectivity index (χ1) is 18.5. The van der Waals surface area contributed by atoms with Gasteiger partial charge >= 0.3 is 0 Å². The van der Waals surface area contributed by atoms with Gasteiger partial charge in [-0.25, -0.2) is 14.6 Å². The molecule has 1 saturated heterocycles. The van der Waals surface area contributed by atoms with Gasteiger partial charge in [0.2, 0.25) is 5.91 Å². The molecule has 1 amide bonds. The van der Waals surface area contributed by atoms with Gasteiger partial charge in [-0.1, -0.05) is 43.0 Å². The van der Waals surface area contributed by atoms with Gasteiger partial charge in [0, 0.05) is 30.6 Å². The normalized spacial score (nSPS) is 15.4. The number of nitrogens with two attached hydrogens (primary N) is 1. The summed E-state index contributed by atoms with van der Waals surface area (Å²) in [7, 11) is 1.59. The number of nitrogens with zero attached hydrogens (tertiary/aromatic N) is 5. The third-order valence-electron chi connectivity index (χ3n) is 7.01. The van der Waals surface area contributed by atoms with E-state index in [2.05, 4.69) is 16.5 Å². The van der Waals surface area contributed by atoms with Crippen LogP contribution in [0.1, 0.15) is 41.2 Å². The molecule has 0 radical (unpaired) electrons. The van der Waals surface area contributed by atoms with Crippen LogP contribution in [0.5, 0.6) is 5.75 Å². The molecule has 5 rings (SSSR count). The minimum Gasteiger partial charge on any atom is -0.497 e. The number of benzene rings is 2. The van der Waals surface area contributed by atoms with Crippen LogP contribution in [0.25, 0.3) is 22.3 Å². The Balaban J connectivity index is 1.38. The minimum absolute atomic E-state index is 0.0277. The van der Waals surface area contributed by atoms with Crippen molar-refractivity contribution in [2.24, 2.45) is 0 Å². The van der Waals surface area contributed by atoms with Crippen LogP contribution in [-0.2, 0) is 11.2 Å². The summed E-state index contributed by atoms with van der Waals surface area (Å²) >= 11 is 0. The average Bonchev–Trinajstić information content (AvgIpc) is 3.37. The molecule has 9 heteroatoms. The van der Waals surface area contributed by atoms with Gasteiger partial charge in [0.1, 0.15) is 23.6 Å². The van der Waals surface area contributed by atoms with Gasteiger partial charge in [-0.2, -0.15) is 5.10 Å². The zero-order chi connectivity index (χ0) is 26.6. The minimum atomic E-state index is -0.0824. The topological polar surface area (TPSA) is 116 Å². The van der Waals surface area contributed by atoms with Crippen LogP contribution in [-0.4, -0.2) is 56.5 Å². The number of aryl methyl sites for hydroxylation is 1. The molecule has 1 unspecified atom stereocenters. The van der Waals surface area contributed by atoms with Gasteiger partial charge in [0.15, 0.2) is 11.4 Å². The van der Waals surface area contributed by atoms with E-state index < -0.39 is 0 Å². The number of hydrogen-bond acceptors (Lipinski definition) is 7. The number of nitrogen functional groups attached to an aromatic ring is 1. The number of ketones is 1. The van der Waals surface area contributed by atoms with E-state index in [1.54, 1.807) is 24.1 Å². The Hall–Kier alpha value is -4.53. The van der Waals surface area contributed by atoms with Crippen molar-refractivity contribution in [3.05, 3.63) is 78.6 Å². The van der Waals surface area contributed by atoms with Gasteiger partial charge in [-0.3, -0.25) is 9.59 Å². The first kappa shape index (κ1) is 25.1. The standard InChI is InChI=1S/C29H30N6O3/c1-3-25(37)34-15-5-7-22(17-34)35-29-26(28(30)31-18-32-29)27(33-35)20-12-9-19(10-13-20)11-14-24(36)21-6-4-8-23(16-21)38-2/h3-4,6,8-10,12-13,16,18,22H,1,5,7,11,14-15,17H2,2H3,(H2,30,31,32). The Morgan fingerprint density at radius 3 is 2.76 bits per heavy atom. The quantitative estimate of drug-likeness (QED) is 0.278. The van der Waals surface area contributed by atoms with Gasteiger partial charge in [0.25, 0.3) is 0 Å². The molecular formula is C29H30N6O3. The average molecular weight is 511 g/mol. The summed E-state index contributed by atoms with van der Waals surface area (Å²) in [5, 5.41) is 5.62. The number of aromatic nitrogens is 4. The Labute approximate surface area is 220 Å². The maximum atomic E-state index is 12.7. The maximum absolute atomic E-state index is 12.7. The van der Waals surface area contributed by atoms with E-state index in [9.17, 15) is 9.59 Å². The zero-order valence-electron chi connectivity index (χ0n) is 21.3. The number of anilines is 1. The lowest BCUT2D eigenvalue weighted by Gasteiger charge is -2.32. The molecule has 4 aromatic rings. The molecule has 2 N–H and O–H groups in total. The third kappa shape index (κ3) is 5.00. The Morgan fingerprint density at radius 1 is 1.18 bits per heavy atom. The summed E-state index contributed by atoms with van der Waals surface area (Å²) in [6, 6.07) is 15.2.